The van der Waals surface area contributed by atoms with Crippen LogP contribution in [0.3, 0.4) is 0 Å². The number of rotatable bonds is 3. The number of aliphatic hydroxyl groups excluding tert-OH is 2. The van der Waals surface area contributed by atoms with Crippen molar-refractivity contribution in [3.8, 4) is 0 Å². The molecular formula is C21H24O5. The Morgan fingerprint density at radius 2 is 1.50 bits per heavy atom. The molecule has 2 fully saturated rings. The van der Waals surface area contributed by atoms with E-state index in [9.17, 15) is 25.5 Å². The first kappa shape index (κ1) is 17.6. The molecule has 2 aliphatic rings. The maximum absolute atomic E-state index is 11.5. The molecule has 0 aromatic heterocycles. The molecule has 5 heteroatoms. The van der Waals surface area contributed by atoms with Crippen LogP contribution in [0.25, 0.3) is 0 Å². The Morgan fingerprint density at radius 1 is 0.923 bits per heavy atom. The van der Waals surface area contributed by atoms with E-state index in [1.165, 1.54) is 0 Å². The van der Waals surface area contributed by atoms with Gasteiger partial charge in [-0.3, -0.25) is 0 Å². The minimum atomic E-state index is -2.09. The minimum Gasteiger partial charge on any atom is -0.393 e. The standard InChI is InChI=1S/C21H24O5/c1-13-8-6-7-11-15(13)18(2)17(23)20(25)16(14-9-4-3-5-10-14)19(24,12-22)21(18,20)26/h3-11,16-17,22-26H,12H2,1-2H3/t16?,17?,18?,19-,20-,21-/m0/s1. The van der Waals surface area contributed by atoms with Crippen molar-refractivity contribution in [3.63, 3.8) is 0 Å². The van der Waals surface area contributed by atoms with E-state index in [1.54, 1.807) is 49.4 Å². The molecule has 0 aliphatic heterocycles. The van der Waals surface area contributed by atoms with E-state index < -0.39 is 40.8 Å². The summed E-state index contributed by atoms with van der Waals surface area (Å²) in [5.41, 5.74) is -5.33. The third-order valence-electron chi connectivity index (χ3n) is 6.92. The van der Waals surface area contributed by atoms with E-state index in [2.05, 4.69) is 0 Å². The Hall–Kier alpha value is -1.76. The van der Waals surface area contributed by atoms with E-state index in [0.717, 1.165) is 5.56 Å². The molecule has 5 nitrogen and oxygen atoms in total. The number of aliphatic hydroxyl groups is 5. The van der Waals surface area contributed by atoms with Gasteiger partial charge in [-0.25, -0.2) is 0 Å². The van der Waals surface area contributed by atoms with Gasteiger partial charge in [0.05, 0.1) is 24.0 Å². The van der Waals surface area contributed by atoms with Crippen LogP contribution in [0.5, 0.6) is 0 Å². The Kier molecular flexibility index (Phi) is 3.50. The van der Waals surface area contributed by atoms with Gasteiger partial charge < -0.3 is 25.5 Å². The Bertz CT molecular complexity index is 842. The van der Waals surface area contributed by atoms with E-state index >= 15 is 0 Å². The van der Waals surface area contributed by atoms with E-state index in [1.807, 2.05) is 19.1 Å². The molecule has 6 atom stereocenters. The van der Waals surface area contributed by atoms with Crippen LogP contribution in [-0.2, 0) is 5.41 Å². The van der Waals surface area contributed by atoms with Gasteiger partial charge in [0, 0.05) is 0 Å². The predicted molar refractivity (Wildman–Crippen MR) is 95.7 cm³/mol. The van der Waals surface area contributed by atoms with Gasteiger partial charge in [0.25, 0.3) is 0 Å². The van der Waals surface area contributed by atoms with E-state index in [-0.39, 0.29) is 0 Å². The Morgan fingerprint density at radius 3 is 2.08 bits per heavy atom. The van der Waals surface area contributed by atoms with Crippen molar-refractivity contribution < 1.29 is 25.5 Å². The maximum atomic E-state index is 11.5. The number of fused-ring (bicyclic) bond motifs is 1. The zero-order chi connectivity index (χ0) is 19.0. The topological polar surface area (TPSA) is 101 Å². The molecule has 0 radical (unpaired) electrons. The number of benzene rings is 2. The average Bonchev–Trinajstić information content (AvgIpc) is 2.66. The van der Waals surface area contributed by atoms with Gasteiger partial charge in [-0.2, -0.15) is 0 Å². The van der Waals surface area contributed by atoms with Gasteiger partial charge in [-0.1, -0.05) is 54.6 Å². The molecule has 0 spiro atoms. The van der Waals surface area contributed by atoms with Crippen molar-refractivity contribution in [3.05, 3.63) is 71.3 Å². The second kappa shape index (κ2) is 5.15. The summed E-state index contributed by atoms with van der Waals surface area (Å²) >= 11 is 0. The number of aryl methyl sites for hydroxylation is 1. The first-order chi connectivity index (χ1) is 12.2. The summed E-state index contributed by atoms with van der Waals surface area (Å²) in [6.45, 7) is 2.73. The van der Waals surface area contributed by atoms with Crippen molar-refractivity contribution in [2.45, 2.75) is 48.1 Å². The van der Waals surface area contributed by atoms with Crippen LogP contribution in [0, 0.1) is 6.92 Å². The number of hydrogen-bond donors (Lipinski definition) is 5. The van der Waals surface area contributed by atoms with E-state index in [0.29, 0.717) is 11.1 Å². The van der Waals surface area contributed by atoms with Gasteiger partial charge in [0.15, 0.2) is 0 Å². The molecular weight excluding hydrogens is 332 g/mol. The smallest absolute Gasteiger partial charge is 0.140 e. The normalized spacial score (nSPS) is 44.0. The van der Waals surface area contributed by atoms with Crippen LogP contribution < -0.4 is 0 Å². The van der Waals surface area contributed by atoms with Crippen LogP contribution >= 0.6 is 0 Å². The predicted octanol–water partition coefficient (Wildman–Crippen LogP) is 0.610. The molecule has 26 heavy (non-hydrogen) atoms. The maximum Gasteiger partial charge on any atom is 0.140 e. The molecule has 2 aliphatic carbocycles. The fourth-order valence-electron chi connectivity index (χ4n) is 5.71. The quantitative estimate of drug-likeness (QED) is 0.555. The first-order valence-electron chi connectivity index (χ1n) is 8.78. The van der Waals surface area contributed by atoms with Gasteiger partial charge in [0.1, 0.15) is 16.8 Å². The van der Waals surface area contributed by atoms with Gasteiger partial charge in [-0.15, -0.1) is 0 Å². The van der Waals surface area contributed by atoms with Crippen LogP contribution in [0.15, 0.2) is 54.6 Å². The minimum absolute atomic E-state index is 0.558. The Labute approximate surface area is 152 Å². The van der Waals surface area contributed by atoms with Crippen LogP contribution in [-0.4, -0.2) is 55.0 Å². The van der Waals surface area contributed by atoms with Crippen molar-refractivity contribution in [1.82, 2.24) is 0 Å². The zero-order valence-corrected chi connectivity index (χ0v) is 14.8. The largest absolute Gasteiger partial charge is 0.393 e. The van der Waals surface area contributed by atoms with Crippen molar-refractivity contribution in [2.75, 3.05) is 6.61 Å². The summed E-state index contributed by atoms with van der Waals surface area (Å²) in [4.78, 5) is 0. The lowest BCUT2D eigenvalue weighted by Gasteiger charge is -2.83. The molecule has 2 aromatic carbocycles. The summed E-state index contributed by atoms with van der Waals surface area (Å²) in [6.07, 6.45) is -1.31. The lowest BCUT2D eigenvalue weighted by Crippen LogP contribution is -3.03. The lowest BCUT2D eigenvalue weighted by molar-refractivity contribution is -0.472. The summed E-state index contributed by atoms with van der Waals surface area (Å²) in [6, 6.07) is 16.0. The van der Waals surface area contributed by atoms with Crippen LogP contribution in [0.4, 0.5) is 0 Å². The first-order valence-corrected chi connectivity index (χ1v) is 8.78. The molecule has 5 N–H and O–H groups in total. The second-order valence-electron chi connectivity index (χ2n) is 7.88. The highest BCUT2D eigenvalue weighted by Gasteiger charge is 2.96. The summed E-state index contributed by atoms with van der Waals surface area (Å²) in [7, 11) is 0. The molecule has 4 rings (SSSR count). The van der Waals surface area contributed by atoms with Crippen LogP contribution in [0.2, 0.25) is 0 Å². The molecule has 2 aromatic rings. The SMILES string of the molecule is Cc1ccccc1C1(C)C(O)[C@@]2(O)C(c3ccccc3)[C@@](O)(CO)[C@@]12O. The molecule has 0 bridgehead atoms. The van der Waals surface area contributed by atoms with Crippen molar-refractivity contribution >= 4 is 0 Å². The second-order valence-corrected chi connectivity index (χ2v) is 7.88. The molecule has 0 amide bonds. The highest BCUT2D eigenvalue weighted by molar-refractivity contribution is 5.59. The highest BCUT2D eigenvalue weighted by atomic mass is 16.4. The van der Waals surface area contributed by atoms with Gasteiger partial charge >= 0.3 is 0 Å². The van der Waals surface area contributed by atoms with E-state index in [4.69, 9.17) is 0 Å². The monoisotopic (exact) mass is 356 g/mol. The molecule has 0 saturated heterocycles. The summed E-state index contributed by atoms with van der Waals surface area (Å²) in [5, 5.41) is 55.1. The summed E-state index contributed by atoms with van der Waals surface area (Å²) < 4.78 is 0. The fourth-order valence-corrected chi connectivity index (χ4v) is 5.71. The third kappa shape index (κ3) is 1.52. The summed E-state index contributed by atoms with van der Waals surface area (Å²) in [5.74, 6) is -1.00. The average molecular weight is 356 g/mol. The van der Waals surface area contributed by atoms with Gasteiger partial charge in [0.2, 0.25) is 0 Å². The highest BCUT2D eigenvalue weighted by Crippen LogP contribution is 2.76. The molecule has 2 saturated carbocycles. The fraction of sp³-hybridized carbons (Fsp3) is 0.429. The van der Waals surface area contributed by atoms with Crippen molar-refractivity contribution in [2.24, 2.45) is 0 Å². The van der Waals surface area contributed by atoms with Crippen LogP contribution in [0.1, 0.15) is 29.5 Å². The molecule has 0 heterocycles. The molecule has 138 valence electrons. The number of hydrogen-bond acceptors (Lipinski definition) is 5. The zero-order valence-electron chi connectivity index (χ0n) is 14.8. The Balaban J connectivity index is 1.90. The third-order valence-corrected chi connectivity index (χ3v) is 6.92. The lowest BCUT2D eigenvalue weighted by atomic mass is 9.26. The molecule has 3 unspecified atom stereocenters. The van der Waals surface area contributed by atoms with Crippen molar-refractivity contribution in [1.29, 1.82) is 0 Å². The van der Waals surface area contributed by atoms with Gasteiger partial charge in [-0.05, 0) is 30.5 Å².